The molecule has 2 N–H and O–H groups in total. The summed E-state index contributed by atoms with van der Waals surface area (Å²) in [5.74, 6) is 0. The lowest BCUT2D eigenvalue weighted by Gasteiger charge is -2.22. The lowest BCUT2D eigenvalue weighted by atomic mass is 9.95. The van der Waals surface area contributed by atoms with Crippen molar-refractivity contribution in [2.75, 3.05) is 0 Å². The van der Waals surface area contributed by atoms with E-state index in [-0.39, 0.29) is 5.43 Å². The molecule has 1 aliphatic carbocycles. The van der Waals surface area contributed by atoms with Crippen molar-refractivity contribution in [2.24, 2.45) is 0 Å². The lowest BCUT2D eigenvalue weighted by molar-refractivity contribution is 0.372. The summed E-state index contributed by atoms with van der Waals surface area (Å²) in [7, 11) is 0. The van der Waals surface area contributed by atoms with Gasteiger partial charge in [-0.25, -0.2) is 0 Å². The van der Waals surface area contributed by atoms with Crippen LogP contribution in [0.5, 0.6) is 0 Å². The third kappa shape index (κ3) is 2.95. The van der Waals surface area contributed by atoms with Gasteiger partial charge >= 0.3 is 0 Å². The van der Waals surface area contributed by atoms with Crippen LogP contribution in [0.15, 0.2) is 17.1 Å². The SMILES string of the molecule is Cc1cc(=O)c(CNC2CCCCC2)c[nH]1. The van der Waals surface area contributed by atoms with E-state index >= 15 is 0 Å². The summed E-state index contributed by atoms with van der Waals surface area (Å²) in [5.41, 5.74) is 1.90. The van der Waals surface area contributed by atoms with Crippen molar-refractivity contribution in [3.8, 4) is 0 Å². The first-order valence-corrected chi connectivity index (χ1v) is 6.17. The molecule has 0 saturated heterocycles. The van der Waals surface area contributed by atoms with Gasteiger partial charge in [0.15, 0.2) is 5.43 Å². The molecule has 0 spiro atoms. The molecule has 0 aliphatic heterocycles. The van der Waals surface area contributed by atoms with Gasteiger partial charge in [-0.1, -0.05) is 19.3 Å². The number of hydrogen-bond donors (Lipinski definition) is 2. The number of aryl methyl sites for hydroxylation is 1. The van der Waals surface area contributed by atoms with Gasteiger partial charge in [0.1, 0.15) is 0 Å². The molecule has 88 valence electrons. The zero-order valence-electron chi connectivity index (χ0n) is 9.88. The molecule has 0 unspecified atom stereocenters. The Kier molecular flexibility index (Phi) is 3.78. The monoisotopic (exact) mass is 220 g/mol. The van der Waals surface area contributed by atoms with Crippen LogP contribution in [-0.2, 0) is 6.54 Å². The molecule has 2 rings (SSSR count). The van der Waals surface area contributed by atoms with E-state index in [1.165, 1.54) is 32.1 Å². The van der Waals surface area contributed by atoms with Gasteiger partial charge in [-0.3, -0.25) is 4.79 Å². The molecular formula is C13H20N2O. The molecule has 1 saturated carbocycles. The van der Waals surface area contributed by atoms with Crippen molar-refractivity contribution in [3.05, 3.63) is 33.7 Å². The van der Waals surface area contributed by atoms with Crippen LogP contribution in [0.3, 0.4) is 0 Å². The molecule has 1 aromatic heterocycles. The third-order valence-corrected chi connectivity index (χ3v) is 3.32. The quantitative estimate of drug-likeness (QED) is 0.819. The van der Waals surface area contributed by atoms with E-state index in [0.29, 0.717) is 12.6 Å². The average Bonchev–Trinajstić information content (AvgIpc) is 2.29. The predicted molar refractivity (Wildman–Crippen MR) is 65.5 cm³/mol. The fourth-order valence-corrected chi connectivity index (χ4v) is 2.30. The van der Waals surface area contributed by atoms with E-state index in [1.807, 2.05) is 13.1 Å². The Morgan fingerprint density at radius 3 is 2.81 bits per heavy atom. The predicted octanol–water partition coefficient (Wildman–Crippen LogP) is 2.11. The van der Waals surface area contributed by atoms with Gasteiger partial charge in [0, 0.05) is 36.1 Å². The van der Waals surface area contributed by atoms with Crippen molar-refractivity contribution in [1.29, 1.82) is 0 Å². The van der Waals surface area contributed by atoms with Gasteiger partial charge in [0.05, 0.1) is 0 Å². The zero-order chi connectivity index (χ0) is 11.4. The first-order valence-electron chi connectivity index (χ1n) is 6.17. The minimum atomic E-state index is 0.138. The number of nitrogens with one attached hydrogen (secondary N) is 2. The molecule has 0 aromatic carbocycles. The summed E-state index contributed by atoms with van der Waals surface area (Å²) < 4.78 is 0. The average molecular weight is 220 g/mol. The second kappa shape index (κ2) is 5.30. The van der Waals surface area contributed by atoms with Gasteiger partial charge in [0.25, 0.3) is 0 Å². The smallest absolute Gasteiger partial charge is 0.186 e. The Balaban J connectivity index is 1.91. The van der Waals surface area contributed by atoms with Crippen LogP contribution in [0.4, 0.5) is 0 Å². The Hall–Kier alpha value is -1.09. The largest absolute Gasteiger partial charge is 0.365 e. The third-order valence-electron chi connectivity index (χ3n) is 3.32. The minimum absolute atomic E-state index is 0.138. The van der Waals surface area contributed by atoms with Crippen LogP contribution in [0.25, 0.3) is 0 Å². The Labute approximate surface area is 96.3 Å². The second-order valence-electron chi connectivity index (χ2n) is 4.72. The summed E-state index contributed by atoms with van der Waals surface area (Å²) in [4.78, 5) is 14.7. The van der Waals surface area contributed by atoms with E-state index in [9.17, 15) is 4.79 Å². The number of pyridine rings is 1. The molecule has 1 heterocycles. The maximum atomic E-state index is 11.7. The Morgan fingerprint density at radius 2 is 2.12 bits per heavy atom. The van der Waals surface area contributed by atoms with Crippen molar-refractivity contribution >= 4 is 0 Å². The highest BCUT2D eigenvalue weighted by Gasteiger charge is 2.12. The fourth-order valence-electron chi connectivity index (χ4n) is 2.30. The molecule has 16 heavy (non-hydrogen) atoms. The number of hydrogen-bond acceptors (Lipinski definition) is 2. The minimum Gasteiger partial charge on any atom is -0.365 e. The fraction of sp³-hybridized carbons (Fsp3) is 0.615. The van der Waals surface area contributed by atoms with Crippen molar-refractivity contribution in [1.82, 2.24) is 10.3 Å². The molecule has 0 radical (unpaired) electrons. The molecule has 0 bridgehead atoms. The number of aromatic nitrogens is 1. The molecule has 3 nitrogen and oxygen atoms in total. The van der Waals surface area contributed by atoms with Crippen LogP contribution < -0.4 is 10.7 Å². The highest BCUT2D eigenvalue weighted by molar-refractivity contribution is 5.13. The summed E-state index contributed by atoms with van der Waals surface area (Å²) in [6.45, 7) is 2.60. The van der Waals surface area contributed by atoms with Crippen LogP contribution in [0.2, 0.25) is 0 Å². The maximum Gasteiger partial charge on any atom is 0.186 e. The number of aromatic amines is 1. The molecule has 3 heteroatoms. The highest BCUT2D eigenvalue weighted by atomic mass is 16.1. The van der Waals surface area contributed by atoms with E-state index in [4.69, 9.17) is 0 Å². The number of rotatable bonds is 3. The summed E-state index contributed by atoms with van der Waals surface area (Å²) in [6, 6.07) is 2.27. The summed E-state index contributed by atoms with van der Waals surface area (Å²) >= 11 is 0. The van der Waals surface area contributed by atoms with Crippen molar-refractivity contribution < 1.29 is 0 Å². The van der Waals surface area contributed by atoms with Crippen LogP contribution in [-0.4, -0.2) is 11.0 Å². The topological polar surface area (TPSA) is 44.9 Å². The highest BCUT2D eigenvalue weighted by Crippen LogP contribution is 2.17. The molecular weight excluding hydrogens is 200 g/mol. The van der Waals surface area contributed by atoms with Crippen LogP contribution in [0, 0.1) is 6.92 Å². The first kappa shape index (κ1) is 11.4. The second-order valence-corrected chi connectivity index (χ2v) is 4.72. The van der Waals surface area contributed by atoms with Gasteiger partial charge < -0.3 is 10.3 Å². The van der Waals surface area contributed by atoms with Gasteiger partial charge in [-0.2, -0.15) is 0 Å². The lowest BCUT2D eigenvalue weighted by Crippen LogP contribution is -2.32. The first-order chi connectivity index (χ1) is 7.75. The Morgan fingerprint density at radius 1 is 1.38 bits per heavy atom. The van der Waals surface area contributed by atoms with Crippen molar-refractivity contribution in [3.63, 3.8) is 0 Å². The van der Waals surface area contributed by atoms with E-state index in [0.717, 1.165) is 11.3 Å². The van der Waals surface area contributed by atoms with Crippen molar-refractivity contribution in [2.45, 2.75) is 51.6 Å². The van der Waals surface area contributed by atoms with Crippen LogP contribution >= 0.6 is 0 Å². The molecule has 0 atom stereocenters. The molecule has 1 aromatic rings. The van der Waals surface area contributed by atoms with Gasteiger partial charge in [-0.05, 0) is 19.8 Å². The van der Waals surface area contributed by atoms with Gasteiger partial charge in [-0.15, -0.1) is 0 Å². The zero-order valence-corrected chi connectivity index (χ0v) is 9.88. The standard InChI is InChI=1S/C13H20N2O/c1-10-7-13(16)11(8-14-10)9-15-12-5-3-2-4-6-12/h7-8,12,15H,2-6,9H2,1H3,(H,14,16). The number of H-pyrrole nitrogens is 1. The van der Waals surface area contributed by atoms with Gasteiger partial charge in [0.2, 0.25) is 0 Å². The molecule has 1 aliphatic rings. The van der Waals surface area contributed by atoms with E-state index < -0.39 is 0 Å². The normalized spacial score (nSPS) is 17.6. The van der Waals surface area contributed by atoms with E-state index in [1.54, 1.807) is 6.07 Å². The molecule has 0 amide bonds. The Bertz CT molecular complexity index is 391. The summed E-state index contributed by atoms with van der Waals surface area (Å²) in [6.07, 6.45) is 8.34. The van der Waals surface area contributed by atoms with Crippen LogP contribution in [0.1, 0.15) is 43.4 Å². The maximum absolute atomic E-state index is 11.7. The van der Waals surface area contributed by atoms with E-state index in [2.05, 4.69) is 10.3 Å². The summed E-state index contributed by atoms with van der Waals surface area (Å²) in [5, 5.41) is 3.48. The molecule has 1 fully saturated rings.